The maximum Gasteiger partial charge on any atom is 0.138 e. The van der Waals surface area contributed by atoms with Crippen molar-refractivity contribution in [3.8, 4) is 11.5 Å². The summed E-state index contributed by atoms with van der Waals surface area (Å²) in [4.78, 5) is 0. The largest absolute Gasteiger partial charge is 0.496 e. The summed E-state index contributed by atoms with van der Waals surface area (Å²) in [5.41, 5.74) is 0. The first-order valence-corrected chi connectivity index (χ1v) is 5.87. The Bertz CT molecular complexity index is 717. The minimum atomic E-state index is 0.843. The molecule has 0 radical (unpaired) electrons. The topological polar surface area (TPSA) is 18.5 Å². The fourth-order valence-corrected chi connectivity index (χ4v) is 2.43. The van der Waals surface area contributed by atoms with Crippen molar-refractivity contribution in [1.29, 1.82) is 0 Å². The number of fused-ring (bicyclic) bond motifs is 2. The van der Waals surface area contributed by atoms with E-state index >= 15 is 0 Å². The zero-order chi connectivity index (χ0) is 12.5. The van der Waals surface area contributed by atoms with Crippen LogP contribution in [0.3, 0.4) is 0 Å². The fraction of sp³-hybridized carbons (Fsp3) is 0.125. The molecule has 0 aliphatic carbocycles. The predicted molar refractivity (Wildman–Crippen MR) is 74.6 cm³/mol. The second kappa shape index (κ2) is 4.22. The van der Waals surface area contributed by atoms with Crippen molar-refractivity contribution in [2.75, 3.05) is 14.2 Å². The van der Waals surface area contributed by atoms with Gasteiger partial charge in [-0.25, -0.2) is 0 Å². The zero-order valence-corrected chi connectivity index (χ0v) is 10.4. The van der Waals surface area contributed by atoms with Crippen LogP contribution in [0.5, 0.6) is 11.5 Å². The van der Waals surface area contributed by atoms with E-state index in [-0.39, 0.29) is 0 Å². The van der Waals surface area contributed by atoms with Crippen molar-refractivity contribution < 1.29 is 9.47 Å². The van der Waals surface area contributed by atoms with E-state index in [0.717, 1.165) is 27.7 Å². The molecule has 2 heteroatoms. The minimum absolute atomic E-state index is 0.843. The molecule has 0 aliphatic heterocycles. The Morgan fingerprint density at radius 3 is 2.33 bits per heavy atom. The summed E-state index contributed by atoms with van der Waals surface area (Å²) < 4.78 is 11.0. The number of hydrogen-bond donors (Lipinski definition) is 0. The second-order valence-electron chi connectivity index (χ2n) is 4.19. The normalized spacial score (nSPS) is 10.8. The van der Waals surface area contributed by atoms with E-state index in [1.807, 2.05) is 24.3 Å². The highest BCUT2D eigenvalue weighted by atomic mass is 16.5. The highest BCUT2D eigenvalue weighted by Crippen LogP contribution is 2.39. The van der Waals surface area contributed by atoms with Gasteiger partial charge in [0.25, 0.3) is 0 Å². The summed E-state index contributed by atoms with van der Waals surface area (Å²) in [6.45, 7) is 0. The van der Waals surface area contributed by atoms with E-state index in [4.69, 9.17) is 9.47 Å². The van der Waals surface area contributed by atoms with Crippen molar-refractivity contribution in [2.45, 2.75) is 0 Å². The van der Waals surface area contributed by atoms with E-state index in [1.54, 1.807) is 14.2 Å². The maximum atomic E-state index is 5.60. The first kappa shape index (κ1) is 10.9. The molecule has 0 fully saturated rings. The maximum absolute atomic E-state index is 5.60. The van der Waals surface area contributed by atoms with Gasteiger partial charge in [0.1, 0.15) is 11.5 Å². The Hall–Kier alpha value is -2.22. The molecule has 0 heterocycles. The van der Waals surface area contributed by atoms with Crippen LogP contribution >= 0.6 is 0 Å². The lowest BCUT2D eigenvalue weighted by Crippen LogP contribution is -1.91. The number of methoxy groups -OCH3 is 2. The van der Waals surface area contributed by atoms with E-state index in [0.29, 0.717) is 0 Å². The third-order valence-electron chi connectivity index (χ3n) is 3.23. The lowest BCUT2D eigenvalue weighted by Gasteiger charge is -2.13. The molecule has 0 atom stereocenters. The summed E-state index contributed by atoms with van der Waals surface area (Å²) in [7, 11) is 3.39. The van der Waals surface area contributed by atoms with Crippen LogP contribution in [0, 0.1) is 0 Å². The summed E-state index contributed by atoms with van der Waals surface area (Å²) in [6.07, 6.45) is 0. The Kier molecular flexibility index (Phi) is 2.56. The molecule has 3 aromatic carbocycles. The molecule has 18 heavy (non-hydrogen) atoms. The van der Waals surface area contributed by atoms with Crippen LogP contribution in [-0.4, -0.2) is 14.2 Å². The average Bonchev–Trinajstić information content (AvgIpc) is 2.44. The fourth-order valence-electron chi connectivity index (χ4n) is 2.43. The van der Waals surface area contributed by atoms with Gasteiger partial charge in [0.15, 0.2) is 0 Å². The van der Waals surface area contributed by atoms with Crippen molar-refractivity contribution >= 4 is 21.5 Å². The highest BCUT2D eigenvalue weighted by molar-refractivity contribution is 6.07. The van der Waals surface area contributed by atoms with Gasteiger partial charge >= 0.3 is 0 Å². The lowest BCUT2D eigenvalue weighted by atomic mass is 10.0. The molecule has 0 spiro atoms. The standard InChI is InChI=1S/C16H14O2/c1-17-14-9-5-7-12-10-11-6-3-4-8-13(11)16(18-2)15(12)14/h3-10H,1-2H3. The molecule has 3 rings (SSSR count). The van der Waals surface area contributed by atoms with E-state index in [9.17, 15) is 0 Å². The summed E-state index contributed by atoms with van der Waals surface area (Å²) in [6, 6.07) is 16.4. The summed E-state index contributed by atoms with van der Waals surface area (Å²) in [5, 5.41) is 4.44. The molecular formula is C16H14O2. The van der Waals surface area contributed by atoms with Gasteiger partial charge in [-0.2, -0.15) is 0 Å². The van der Waals surface area contributed by atoms with Gasteiger partial charge in [-0.3, -0.25) is 0 Å². The molecule has 2 nitrogen and oxygen atoms in total. The van der Waals surface area contributed by atoms with Crippen LogP contribution < -0.4 is 9.47 Å². The van der Waals surface area contributed by atoms with E-state index < -0.39 is 0 Å². The van der Waals surface area contributed by atoms with E-state index in [1.165, 1.54) is 5.39 Å². The molecule has 0 saturated carbocycles. The number of ether oxygens (including phenoxy) is 2. The third kappa shape index (κ3) is 1.50. The van der Waals surface area contributed by atoms with Crippen LogP contribution in [0.4, 0.5) is 0 Å². The molecule has 0 amide bonds. The van der Waals surface area contributed by atoms with Gasteiger partial charge in [-0.15, -0.1) is 0 Å². The number of benzene rings is 3. The van der Waals surface area contributed by atoms with Crippen LogP contribution in [-0.2, 0) is 0 Å². The molecule has 0 N–H and O–H groups in total. The van der Waals surface area contributed by atoms with Gasteiger partial charge in [0.2, 0.25) is 0 Å². The monoisotopic (exact) mass is 238 g/mol. The number of rotatable bonds is 2. The van der Waals surface area contributed by atoms with Crippen LogP contribution in [0.1, 0.15) is 0 Å². The molecule has 0 aliphatic rings. The molecule has 3 aromatic rings. The lowest BCUT2D eigenvalue weighted by molar-refractivity contribution is 0.407. The first-order chi connectivity index (χ1) is 8.85. The average molecular weight is 238 g/mol. The quantitative estimate of drug-likeness (QED) is 0.628. The Morgan fingerprint density at radius 1 is 0.778 bits per heavy atom. The highest BCUT2D eigenvalue weighted by Gasteiger charge is 2.11. The molecule has 0 saturated heterocycles. The second-order valence-corrected chi connectivity index (χ2v) is 4.19. The molecule has 90 valence electrons. The molecular weight excluding hydrogens is 224 g/mol. The van der Waals surface area contributed by atoms with Crippen LogP contribution in [0.15, 0.2) is 48.5 Å². The third-order valence-corrected chi connectivity index (χ3v) is 3.23. The molecule has 0 unspecified atom stereocenters. The zero-order valence-electron chi connectivity index (χ0n) is 10.4. The van der Waals surface area contributed by atoms with E-state index in [2.05, 4.69) is 24.3 Å². The van der Waals surface area contributed by atoms with Gasteiger partial charge in [-0.05, 0) is 22.9 Å². The van der Waals surface area contributed by atoms with Crippen molar-refractivity contribution in [1.82, 2.24) is 0 Å². The SMILES string of the molecule is COc1cccc2cc3ccccc3c(OC)c12. The first-order valence-electron chi connectivity index (χ1n) is 5.87. The Labute approximate surface area is 106 Å². The van der Waals surface area contributed by atoms with Crippen molar-refractivity contribution in [2.24, 2.45) is 0 Å². The summed E-state index contributed by atoms with van der Waals surface area (Å²) >= 11 is 0. The Morgan fingerprint density at radius 2 is 1.56 bits per heavy atom. The minimum Gasteiger partial charge on any atom is -0.496 e. The predicted octanol–water partition coefficient (Wildman–Crippen LogP) is 4.01. The summed E-state index contributed by atoms with van der Waals surface area (Å²) in [5.74, 6) is 1.72. The molecule has 0 aromatic heterocycles. The smallest absolute Gasteiger partial charge is 0.138 e. The van der Waals surface area contributed by atoms with Gasteiger partial charge < -0.3 is 9.47 Å². The van der Waals surface area contributed by atoms with Gasteiger partial charge in [0.05, 0.1) is 19.6 Å². The molecule has 0 bridgehead atoms. The van der Waals surface area contributed by atoms with Crippen molar-refractivity contribution in [3.63, 3.8) is 0 Å². The Balaban J connectivity index is 2.55. The van der Waals surface area contributed by atoms with Crippen molar-refractivity contribution in [3.05, 3.63) is 48.5 Å². The van der Waals surface area contributed by atoms with Crippen LogP contribution in [0.25, 0.3) is 21.5 Å². The van der Waals surface area contributed by atoms with Gasteiger partial charge in [0, 0.05) is 5.39 Å². The van der Waals surface area contributed by atoms with Gasteiger partial charge in [-0.1, -0.05) is 36.4 Å². The number of hydrogen-bond acceptors (Lipinski definition) is 2. The van der Waals surface area contributed by atoms with Crippen LogP contribution in [0.2, 0.25) is 0 Å².